The number of carbonyl (C=O) groups excluding carboxylic acids is 1. The third-order valence-corrected chi connectivity index (χ3v) is 2.66. The van der Waals surface area contributed by atoms with Gasteiger partial charge in [-0.1, -0.05) is 17.6 Å². The van der Waals surface area contributed by atoms with E-state index in [2.05, 4.69) is 0 Å². The number of hydrogen-bond acceptors (Lipinski definition) is 5. The van der Waals surface area contributed by atoms with Gasteiger partial charge in [-0.2, -0.15) is 0 Å². The third kappa shape index (κ3) is 2.85. The molecule has 2 aromatic carbocycles. The summed E-state index contributed by atoms with van der Waals surface area (Å²) in [4.78, 5) is 11.9. The number of hydrogen-bond donors (Lipinski definition) is 3. The van der Waals surface area contributed by atoms with Gasteiger partial charge in [0, 0.05) is 0 Å². The molecule has 0 amide bonds. The second-order valence-corrected chi connectivity index (χ2v) is 4.11. The molecule has 5 nitrogen and oxygen atoms in total. The number of ether oxygens (including phenoxy) is 1. The van der Waals surface area contributed by atoms with Crippen LogP contribution >= 0.6 is 0 Å². The predicted molar refractivity (Wildman–Crippen MR) is 73.1 cm³/mol. The molecule has 2 radical (unpaired) electrons. The van der Waals surface area contributed by atoms with Crippen molar-refractivity contribution in [2.75, 3.05) is 6.61 Å². The minimum absolute atomic E-state index is 0.135. The first-order valence-electron chi connectivity index (χ1n) is 5.74. The summed E-state index contributed by atoms with van der Waals surface area (Å²) in [7, 11) is 5.57. The van der Waals surface area contributed by atoms with Crippen molar-refractivity contribution in [2.45, 2.75) is 0 Å². The molecule has 3 N–H and O–H groups in total. The number of benzene rings is 2. The molecule has 0 bridgehead atoms. The Kier molecular flexibility index (Phi) is 3.84. The van der Waals surface area contributed by atoms with Crippen LogP contribution in [0.15, 0.2) is 36.4 Å². The fourth-order valence-electron chi connectivity index (χ4n) is 1.62. The van der Waals surface area contributed by atoms with Gasteiger partial charge < -0.3 is 20.1 Å². The standard InChI is InChI=1S/C14H11BO5/c15-8-2-1-3-9(6-8)20-7-12(17)10-4-5-11(16)14(19)13(10)18/h1-6,16,18-19H,7H2. The number of ketones is 1. The van der Waals surface area contributed by atoms with Crippen LogP contribution in [0.25, 0.3) is 0 Å². The number of Topliss-reactive ketones (excluding diaryl/α,β-unsaturated/α-hetero) is 1. The Bertz CT molecular complexity index is 654. The summed E-state index contributed by atoms with van der Waals surface area (Å²) >= 11 is 0. The molecule has 0 aliphatic carbocycles. The second kappa shape index (κ2) is 5.56. The van der Waals surface area contributed by atoms with Gasteiger partial charge in [0.05, 0.1) is 5.56 Å². The number of carbonyl (C=O) groups is 1. The maximum atomic E-state index is 11.9. The molecular formula is C14H11BO5. The van der Waals surface area contributed by atoms with Crippen LogP contribution in [0.5, 0.6) is 23.0 Å². The van der Waals surface area contributed by atoms with Crippen molar-refractivity contribution in [2.24, 2.45) is 0 Å². The molecule has 6 heteroatoms. The van der Waals surface area contributed by atoms with Crippen molar-refractivity contribution in [3.05, 3.63) is 42.0 Å². The van der Waals surface area contributed by atoms with Gasteiger partial charge in [-0.25, -0.2) is 0 Å². The molecular weight excluding hydrogens is 259 g/mol. The molecule has 0 spiro atoms. The Morgan fingerprint density at radius 1 is 1.10 bits per heavy atom. The Morgan fingerprint density at radius 2 is 1.85 bits per heavy atom. The fourth-order valence-corrected chi connectivity index (χ4v) is 1.62. The molecule has 0 saturated carbocycles. The number of phenols is 3. The summed E-state index contributed by atoms with van der Waals surface area (Å²) in [6.45, 7) is -0.332. The van der Waals surface area contributed by atoms with Crippen LogP contribution in [0.3, 0.4) is 0 Å². The van der Waals surface area contributed by atoms with Gasteiger partial charge in [-0.05, 0) is 24.3 Å². The average molecular weight is 270 g/mol. The molecule has 0 atom stereocenters. The highest BCUT2D eigenvalue weighted by Gasteiger charge is 2.17. The van der Waals surface area contributed by atoms with Crippen molar-refractivity contribution in [3.63, 3.8) is 0 Å². The molecule has 20 heavy (non-hydrogen) atoms. The Balaban J connectivity index is 2.11. The number of phenolic OH excluding ortho intramolecular Hbond substituents is 3. The van der Waals surface area contributed by atoms with Crippen LogP contribution in [-0.2, 0) is 0 Å². The minimum atomic E-state index is -0.736. The zero-order valence-corrected chi connectivity index (χ0v) is 10.4. The monoisotopic (exact) mass is 270 g/mol. The highest BCUT2D eigenvalue weighted by molar-refractivity contribution is 6.32. The topological polar surface area (TPSA) is 87.0 Å². The maximum Gasteiger partial charge on any atom is 0.204 e. The van der Waals surface area contributed by atoms with Crippen LogP contribution in [0, 0.1) is 0 Å². The zero-order valence-electron chi connectivity index (χ0n) is 10.4. The first kappa shape index (κ1) is 13.8. The van der Waals surface area contributed by atoms with E-state index >= 15 is 0 Å². The summed E-state index contributed by atoms with van der Waals surface area (Å²) in [5.41, 5.74) is 0.365. The van der Waals surface area contributed by atoms with Crippen molar-refractivity contribution in [1.82, 2.24) is 0 Å². The van der Waals surface area contributed by atoms with Crippen LogP contribution < -0.4 is 10.2 Å². The van der Waals surface area contributed by atoms with Gasteiger partial charge in [-0.3, -0.25) is 4.79 Å². The molecule has 2 aromatic rings. The van der Waals surface area contributed by atoms with Gasteiger partial charge >= 0.3 is 0 Å². The van der Waals surface area contributed by atoms with E-state index in [-0.39, 0.29) is 12.2 Å². The summed E-state index contributed by atoms with van der Waals surface area (Å²) in [5, 5.41) is 28.1. The lowest BCUT2D eigenvalue weighted by Crippen LogP contribution is -2.13. The second-order valence-electron chi connectivity index (χ2n) is 4.11. The highest BCUT2D eigenvalue weighted by atomic mass is 16.5. The third-order valence-electron chi connectivity index (χ3n) is 2.66. The predicted octanol–water partition coefficient (Wildman–Crippen LogP) is 0.859. The lowest BCUT2D eigenvalue weighted by molar-refractivity contribution is 0.0918. The smallest absolute Gasteiger partial charge is 0.204 e. The van der Waals surface area contributed by atoms with Crippen LogP contribution in [0.4, 0.5) is 0 Å². The van der Waals surface area contributed by atoms with Crippen molar-refractivity contribution >= 4 is 19.1 Å². The van der Waals surface area contributed by atoms with E-state index in [0.29, 0.717) is 11.2 Å². The summed E-state index contributed by atoms with van der Waals surface area (Å²) < 4.78 is 5.24. The normalized spacial score (nSPS) is 10.2. The van der Waals surface area contributed by atoms with Crippen molar-refractivity contribution < 1.29 is 24.9 Å². The quantitative estimate of drug-likeness (QED) is 0.435. The first-order valence-corrected chi connectivity index (χ1v) is 5.74. The average Bonchev–Trinajstić information content (AvgIpc) is 2.42. The van der Waals surface area contributed by atoms with E-state index in [1.54, 1.807) is 24.3 Å². The van der Waals surface area contributed by atoms with E-state index in [1.165, 1.54) is 6.07 Å². The Morgan fingerprint density at radius 3 is 2.55 bits per heavy atom. The van der Waals surface area contributed by atoms with Gasteiger partial charge in [0.15, 0.2) is 18.1 Å². The number of rotatable bonds is 4. The van der Waals surface area contributed by atoms with Gasteiger partial charge in [0.1, 0.15) is 13.6 Å². The zero-order chi connectivity index (χ0) is 14.7. The molecule has 100 valence electrons. The Labute approximate surface area is 116 Å². The van der Waals surface area contributed by atoms with Crippen molar-refractivity contribution in [1.29, 1.82) is 0 Å². The largest absolute Gasteiger partial charge is 0.504 e. The van der Waals surface area contributed by atoms with E-state index in [0.717, 1.165) is 6.07 Å². The summed E-state index contributed by atoms with van der Waals surface area (Å²) in [5.74, 6) is -2.04. The highest BCUT2D eigenvalue weighted by Crippen LogP contribution is 2.37. The molecule has 0 aromatic heterocycles. The molecule has 0 aliphatic heterocycles. The van der Waals surface area contributed by atoms with E-state index in [4.69, 9.17) is 12.6 Å². The van der Waals surface area contributed by atoms with Crippen molar-refractivity contribution in [3.8, 4) is 23.0 Å². The molecule has 2 rings (SSSR count). The summed E-state index contributed by atoms with van der Waals surface area (Å²) in [6.07, 6.45) is 0. The first-order chi connectivity index (χ1) is 9.49. The number of aromatic hydroxyl groups is 3. The van der Waals surface area contributed by atoms with E-state index < -0.39 is 23.0 Å². The van der Waals surface area contributed by atoms with E-state index in [9.17, 15) is 20.1 Å². The van der Waals surface area contributed by atoms with E-state index in [1.807, 2.05) is 0 Å². The lowest BCUT2D eigenvalue weighted by Gasteiger charge is -2.09. The maximum absolute atomic E-state index is 11.9. The minimum Gasteiger partial charge on any atom is -0.504 e. The van der Waals surface area contributed by atoms with Gasteiger partial charge in [-0.15, -0.1) is 0 Å². The Hall–Kier alpha value is -2.63. The SMILES string of the molecule is [B]c1cccc(OCC(=O)c2ccc(O)c(O)c2O)c1. The van der Waals surface area contributed by atoms with Gasteiger partial charge in [0.2, 0.25) is 11.5 Å². The molecule has 0 fully saturated rings. The molecule has 0 unspecified atom stereocenters. The van der Waals surface area contributed by atoms with Gasteiger partial charge in [0.25, 0.3) is 0 Å². The van der Waals surface area contributed by atoms with Crippen LogP contribution in [0.1, 0.15) is 10.4 Å². The molecule has 0 saturated heterocycles. The summed E-state index contributed by atoms with van der Waals surface area (Å²) in [6, 6.07) is 8.87. The van der Waals surface area contributed by atoms with Crippen LogP contribution in [-0.4, -0.2) is 35.6 Å². The lowest BCUT2D eigenvalue weighted by atomic mass is 9.96. The van der Waals surface area contributed by atoms with Crippen LogP contribution in [0.2, 0.25) is 0 Å². The molecule has 0 aliphatic rings. The fraction of sp³-hybridized carbons (Fsp3) is 0.0714. The molecule has 0 heterocycles.